The number of benzene rings is 1. The molecular weight excluding hydrogens is 579 g/mol. The second-order valence-electron chi connectivity index (χ2n) is 9.93. The number of ether oxygens (including phenoxy) is 1. The number of carbonyl (C=O) groups excluding carboxylic acids is 1. The van der Waals surface area contributed by atoms with Gasteiger partial charge in [0.25, 0.3) is 5.91 Å². The lowest BCUT2D eigenvalue weighted by molar-refractivity contribution is -0.192. The van der Waals surface area contributed by atoms with Gasteiger partial charge < -0.3 is 25.5 Å². The molecule has 3 aromatic rings. The van der Waals surface area contributed by atoms with Crippen LogP contribution in [0.3, 0.4) is 0 Å². The van der Waals surface area contributed by atoms with Crippen LogP contribution >= 0.6 is 0 Å². The average molecular weight is 612 g/mol. The van der Waals surface area contributed by atoms with E-state index in [0.29, 0.717) is 31.9 Å². The fourth-order valence-corrected chi connectivity index (χ4v) is 6.27. The summed E-state index contributed by atoms with van der Waals surface area (Å²) in [5.74, 6) is -2.05. The Morgan fingerprint density at radius 3 is 2.33 bits per heavy atom. The maximum atomic E-state index is 12.4. The summed E-state index contributed by atoms with van der Waals surface area (Å²) < 4.78 is 63.3. The highest BCUT2D eigenvalue weighted by molar-refractivity contribution is 7.89. The summed E-state index contributed by atoms with van der Waals surface area (Å²) in [6.07, 6.45) is 0.120. The fraction of sp³-hybridized carbons (Fsp3) is 0.444. The van der Waals surface area contributed by atoms with Crippen LogP contribution in [0.5, 0.6) is 0 Å². The lowest BCUT2D eigenvalue weighted by atomic mass is 9.88. The molecule has 2 aliphatic rings. The number of rotatable bonds is 6. The molecule has 0 aliphatic carbocycles. The van der Waals surface area contributed by atoms with E-state index in [9.17, 15) is 26.4 Å². The SMILES string of the molecule is CCS(=O)(=O)N1CCC(c2c[nH]c3c(C(N)=O)cc(-c4ccnc(N5CCOCC5)c4)cc23)CC1.O=C(O)C(F)(F)F. The summed E-state index contributed by atoms with van der Waals surface area (Å²) in [6.45, 7) is 5.61. The number of hydrogen-bond acceptors (Lipinski definition) is 7. The molecule has 4 heterocycles. The molecule has 2 aromatic heterocycles. The van der Waals surface area contributed by atoms with Crippen LogP contribution in [-0.4, -0.2) is 91.0 Å². The molecule has 2 aliphatic heterocycles. The lowest BCUT2D eigenvalue weighted by Crippen LogP contribution is -2.38. The number of nitrogens with zero attached hydrogens (tertiary/aromatic N) is 3. The number of carboxylic acid groups (broad SMARTS) is 1. The molecule has 0 spiro atoms. The van der Waals surface area contributed by atoms with E-state index in [4.69, 9.17) is 20.4 Å². The van der Waals surface area contributed by atoms with E-state index in [-0.39, 0.29) is 11.7 Å². The molecule has 0 atom stereocenters. The average Bonchev–Trinajstić information content (AvgIpc) is 3.41. The van der Waals surface area contributed by atoms with E-state index in [0.717, 1.165) is 59.3 Å². The Morgan fingerprint density at radius 1 is 1.12 bits per heavy atom. The third kappa shape index (κ3) is 7.02. The molecule has 1 aromatic carbocycles. The number of carbonyl (C=O) groups is 2. The van der Waals surface area contributed by atoms with Crippen LogP contribution in [0.15, 0.2) is 36.7 Å². The summed E-state index contributed by atoms with van der Waals surface area (Å²) in [4.78, 5) is 31.3. The number of aliphatic carboxylic acids is 1. The van der Waals surface area contributed by atoms with Gasteiger partial charge >= 0.3 is 12.1 Å². The molecule has 0 bridgehead atoms. The lowest BCUT2D eigenvalue weighted by Gasteiger charge is -2.31. The van der Waals surface area contributed by atoms with E-state index in [1.54, 1.807) is 17.4 Å². The third-order valence-electron chi connectivity index (χ3n) is 7.40. The zero-order valence-corrected chi connectivity index (χ0v) is 23.7. The number of nitrogens with one attached hydrogen (secondary N) is 1. The van der Waals surface area contributed by atoms with Crippen molar-refractivity contribution in [1.82, 2.24) is 14.3 Å². The smallest absolute Gasteiger partial charge is 0.475 e. The fourth-order valence-electron chi connectivity index (χ4n) is 5.14. The van der Waals surface area contributed by atoms with Gasteiger partial charge in [-0.25, -0.2) is 22.5 Å². The molecular formula is C27H32F3N5O6S. The molecule has 1 amide bonds. The first-order valence-electron chi connectivity index (χ1n) is 13.3. The number of primary amides is 1. The molecule has 4 N–H and O–H groups in total. The Kier molecular flexibility index (Phi) is 9.43. The highest BCUT2D eigenvalue weighted by Gasteiger charge is 2.38. The van der Waals surface area contributed by atoms with Crippen molar-refractivity contribution in [2.45, 2.75) is 31.9 Å². The molecule has 228 valence electrons. The molecule has 11 nitrogen and oxygen atoms in total. The maximum absolute atomic E-state index is 12.4. The largest absolute Gasteiger partial charge is 0.490 e. The van der Waals surface area contributed by atoms with Crippen LogP contribution in [0.4, 0.5) is 19.0 Å². The van der Waals surface area contributed by atoms with Crippen molar-refractivity contribution in [2.75, 3.05) is 50.0 Å². The van der Waals surface area contributed by atoms with E-state index in [1.807, 2.05) is 24.4 Å². The Labute approximate surface area is 240 Å². The Hall–Kier alpha value is -3.69. The molecule has 15 heteroatoms. The van der Waals surface area contributed by atoms with Crippen LogP contribution < -0.4 is 10.6 Å². The van der Waals surface area contributed by atoms with Crippen LogP contribution in [-0.2, 0) is 19.6 Å². The Bertz CT molecular complexity index is 1550. The molecule has 0 radical (unpaired) electrons. The predicted molar refractivity (Wildman–Crippen MR) is 150 cm³/mol. The predicted octanol–water partition coefficient (Wildman–Crippen LogP) is 3.33. The second-order valence-corrected chi connectivity index (χ2v) is 12.2. The highest BCUT2D eigenvalue weighted by atomic mass is 32.2. The standard InChI is InChI=1S/C25H31N5O4S.C2HF3O2/c1-2-35(32,33)30-7-4-17(5-8-30)22-16-28-24-20(22)13-19(14-21(24)25(26)31)18-3-6-27-23(15-18)29-9-11-34-12-10-29;3-2(4,5)1(6)7/h3,6,13-17,28H,2,4-5,7-12H2,1H3,(H2,26,31);(H,6,7). The first-order valence-corrected chi connectivity index (χ1v) is 14.9. The number of nitrogens with two attached hydrogens (primary N) is 1. The number of hydrogen-bond donors (Lipinski definition) is 3. The number of halogens is 3. The van der Waals surface area contributed by atoms with Gasteiger partial charge in [0, 0.05) is 44.0 Å². The van der Waals surface area contributed by atoms with Gasteiger partial charge in [-0.2, -0.15) is 13.2 Å². The van der Waals surface area contributed by atoms with E-state index >= 15 is 0 Å². The summed E-state index contributed by atoms with van der Waals surface area (Å²) in [5.41, 5.74) is 9.90. The van der Waals surface area contributed by atoms with Crippen LogP contribution in [0.1, 0.15) is 41.6 Å². The number of H-pyrrole nitrogens is 1. The Balaban J connectivity index is 0.000000517. The molecule has 2 saturated heterocycles. The first-order chi connectivity index (χ1) is 19.8. The quantitative estimate of drug-likeness (QED) is 0.383. The number of alkyl halides is 3. The summed E-state index contributed by atoms with van der Waals surface area (Å²) >= 11 is 0. The van der Waals surface area contributed by atoms with Gasteiger partial charge in [-0.3, -0.25) is 4.79 Å². The number of sulfonamides is 1. The van der Waals surface area contributed by atoms with Crippen molar-refractivity contribution in [1.29, 1.82) is 0 Å². The van der Waals surface area contributed by atoms with Crippen molar-refractivity contribution in [3.63, 3.8) is 0 Å². The van der Waals surface area contributed by atoms with Crippen LogP contribution in [0, 0.1) is 0 Å². The maximum Gasteiger partial charge on any atom is 0.490 e. The monoisotopic (exact) mass is 611 g/mol. The number of piperidine rings is 1. The normalized spacial score (nSPS) is 17.1. The van der Waals surface area contributed by atoms with Gasteiger partial charge in [0.1, 0.15) is 5.82 Å². The molecule has 42 heavy (non-hydrogen) atoms. The molecule has 2 fully saturated rings. The van der Waals surface area contributed by atoms with E-state index < -0.39 is 28.1 Å². The number of carboxylic acids is 1. The van der Waals surface area contributed by atoms with Crippen LogP contribution in [0.2, 0.25) is 0 Å². The number of amides is 1. The minimum Gasteiger partial charge on any atom is -0.475 e. The van der Waals surface area contributed by atoms with Crippen molar-refractivity contribution >= 4 is 38.6 Å². The number of aromatic amines is 1. The third-order valence-corrected chi connectivity index (χ3v) is 9.28. The van der Waals surface area contributed by atoms with Gasteiger partial charge in [-0.15, -0.1) is 0 Å². The number of morpholine rings is 1. The summed E-state index contributed by atoms with van der Waals surface area (Å²) in [5, 5.41) is 8.08. The zero-order chi connectivity index (χ0) is 30.7. The van der Waals surface area contributed by atoms with Crippen LogP contribution in [0.25, 0.3) is 22.0 Å². The topological polar surface area (TPSA) is 159 Å². The van der Waals surface area contributed by atoms with Gasteiger partial charge in [0.2, 0.25) is 10.0 Å². The van der Waals surface area contributed by atoms with Crippen molar-refractivity contribution in [2.24, 2.45) is 5.73 Å². The number of pyridine rings is 1. The minimum absolute atomic E-state index is 0.120. The second kappa shape index (κ2) is 12.7. The van der Waals surface area contributed by atoms with Crippen molar-refractivity contribution < 1.29 is 41.0 Å². The van der Waals surface area contributed by atoms with Gasteiger partial charge in [-0.1, -0.05) is 0 Å². The molecule has 0 unspecified atom stereocenters. The number of fused-ring (bicyclic) bond motifs is 1. The molecule has 5 rings (SSSR count). The molecule has 0 saturated carbocycles. The van der Waals surface area contributed by atoms with Gasteiger partial charge in [0.05, 0.1) is 30.0 Å². The van der Waals surface area contributed by atoms with Crippen molar-refractivity contribution in [3.8, 4) is 11.1 Å². The summed E-state index contributed by atoms with van der Waals surface area (Å²) in [6, 6.07) is 7.91. The van der Waals surface area contributed by atoms with Crippen molar-refractivity contribution in [3.05, 3.63) is 47.8 Å². The summed E-state index contributed by atoms with van der Waals surface area (Å²) in [7, 11) is -3.18. The number of aromatic nitrogens is 2. The first kappa shape index (κ1) is 31.3. The Morgan fingerprint density at radius 2 is 1.76 bits per heavy atom. The number of anilines is 1. The van der Waals surface area contributed by atoms with Gasteiger partial charge in [-0.05, 0) is 66.6 Å². The van der Waals surface area contributed by atoms with E-state index in [2.05, 4.69) is 20.9 Å². The van der Waals surface area contributed by atoms with Gasteiger partial charge in [0.15, 0.2) is 0 Å². The highest BCUT2D eigenvalue weighted by Crippen LogP contribution is 2.37. The minimum atomic E-state index is -5.08. The van der Waals surface area contributed by atoms with E-state index in [1.165, 1.54) is 0 Å². The zero-order valence-electron chi connectivity index (χ0n) is 22.9.